The van der Waals surface area contributed by atoms with E-state index in [4.69, 9.17) is 0 Å². The van der Waals surface area contributed by atoms with E-state index in [0.29, 0.717) is 0 Å². The Morgan fingerprint density at radius 3 is 2.84 bits per heavy atom. The standard InChI is InChI=1S/C15H24N2OS/c1-5-12-9-13-11(10-16-12)7-6-8-14(13)17-19(18)15(2,3)4/h9-10,14,17H,5-8H2,1-4H3/t14?,19-/m0/s1. The van der Waals surface area contributed by atoms with Crippen LogP contribution in [-0.2, 0) is 24.2 Å². The molecule has 1 aliphatic rings. The van der Waals surface area contributed by atoms with E-state index in [1.54, 1.807) is 0 Å². The topological polar surface area (TPSA) is 48.0 Å². The van der Waals surface area contributed by atoms with Crippen LogP contribution in [0.15, 0.2) is 12.3 Å². The maximum Gasteiger partial charge on any atom is 0.136 e. The summed E-state index contributed by atoms with van der Waals surface area (Å²) < 4.78 is 15.4. The lowest BCUT2D eigenvalue weighted by Crippen LogP contribution is -2.42. The molecule has 0 spiro atoms. The van der Waals surface area contributed by atoms with E-state index in [0.717, 1.165) is 31.4 Å². The highest BCUT2D eigenvalue weighted by molar-refractivity contribution is 7.90. The molecule has 1 N–H and O–H groups in total. The number of pyridine rings is 1. The number of aryl methyl sites for hydroxylation is 2. The zero-order valence-electron chi connectivity index (χ0n) is 12.3. The summed E-state index contributed by atoms with van der Waals surface area (Å²) in [5.74, 6) is 0. The number of aromatic nitrogens is 1. The number of nitrogens with zero attached hydrogens (tertiary/aromatic N) is 1. The van der Waals surface area contributed by atoms with Gasteiger partial charge in [0.25, 0.3) is 0 Å². The SMILES string of the molecule is CCc1cc2c(cn1)CCCC2N[S@@+]([O-])C(C)(C)C. The van der Waals surface area contributed by atoms with Gasteiger partial charge in [-0.15, -0.1) is 4.72 Å². The van der Waals surface area contributed by atoms with Crippen LogP contribution in [0.4, 0.5) is 0 Å². The molecule has 1 aliphatic carbocycles. The van der Waals surface area contributed by atoms with Gasteiger partial charge in [-0.25, -0.2) is 0 Å². The fraction of sp³-hybridized carbons (Fsp3) is 0.667. The minimum atomic E-state index is -1.02. The Labute approximate surface area is 119 Å². The van der Waals surface area contributed by atoms with Gasteiger partial charge in [0, 0.05) is 23.3 Å². The van der Waals surface area contributed by atoms with Gasteiger partial charge < -0.3 is 4.55 Å². The lowest BCUT2D eigenvalue weighted by atomic mass is 9.89. The van der Waals surface area contributed by atoms with Gasteiger partial charge in [-0.3, -0.25) is 4.98 Å². The summed E-state index contributed by atoms with van der Waals surface area (Å²) in [6.45, 7) is 8.13. The van der Waals surface area contributed by atoms with Crippen LogP contribution in [0.1, 0.15) is 63.4 Å². The molecule has 106 valence electrons. The summed E-state index contributed by atoms with van der Waals surface area (Å²) in [5, 5.41) is 0. The number of hydrogen-bond donors (Lipinski definition) is 1. The van der Waals surface area contributed by atoms with E-state index in [9.17, 15) is 4.55 Å². The van der Waals surface area contributed by atoms with Gasteiger partial charge in [-0.2, -0.15) is 0 Å². The first-order chi connectivity index (χ1) is 8.91. The quantitative estimate of drug-likeness (QED) is 0.866. The molecule has 1 aromatic heterocycles. The molecule has 0 radical (unpaired) electrons. The molecule has 4 heteroatoms. The molecular weight excluding hydrogens is 256 g/mol. The van der Waals surface area contributed by atoms with E-state index in [1.807, 2.05) is 27.0 Å². The second-order valence-corrected chi connectivity index (χ2v) is 8.17. The molecule has 19 heavy (non-hydrogen) atoms. The fourth-order valence-electron chi connectivity index (χ4n) is 2.35. The Balaban J connectivity index is 2.21. The van der Waals surface area contributed by atoms with Crippen LogP contribution in [0.25, 0.3) is 0 Å². The Kier molecular flexibility index (Phi) is 4.54. The molecule has 0 saturated carbocycles. The smallest absolute Gasteiger partial charge is 0.136 e. The molecule has 2 atom stereocenters. The molecule has 3 nitrogen and oxygen atoms in total. The van der Waals surface area contributed by atoms with Crippen molar-refractivity contribution in [2.75, 3.05) is 0 Å². The third kappa shape index (κ3) is 3.50. The normalized spacial score (nSPS) is 21.0. The largest absolute Gasteiger partial charge is 0.598 e. The Morgan fingerprint density at radius 2 is 2.21 bits per heavy atom. The van der Waals surface area contributed by atoms with Crippen LogP contribution < -0.4 is 4.72 Å². The van der Waals surface area contributed by atoms with Crippen molar-refractivity contribution in [1.82, 2.24) is 9.71 Å². The van der Waals surface area contributed by atoms with Gasteiger partial charge in [0.2, 0.25) is 0 Å². The molecule has 0 amide bonds. The van der Waals surface area contributed by atoms with Crippen molar-refractivity contribution in [2.45, 2.75) is 64.2 Å². The average Bonchev–Trinajstić information content (AvgIpc) is 2.37. The highest BCUT2D eigenvalue weighted by Gasteiger charge is 2.31. The molecule has 0 bridgehead atoms. The van der Waals surface area contributed by atoms with Crippen molar-refractivity contribution >= 4 is 11.4 Å². The van der Waals surface area contributed by atoms with Gasteiger partial charge in [-0.05, 0) is 63.6 Å². The second-order valence-electron chi connectivity index (χ2n) is 6.17. The van der Waals surface area contributed by atoms with Crippen molar-refractivity contribution in [2.24, 2.45) is 0 Å². The molecule has 2 rings (SSSR count). The van der Waals surface area contributed by atoms with Gasteiger partial charge in [0.15, 0.2) is 0 Å². The summed E-state index contributed by atoms with van der Waals surface area (Å²) in [7, 11) is 0. The Hall–Kier alpha value is -0.580. The first kappa shape index (κ1) is 14.8. The first-order valence-electron chi connectivity index (χ1n) is 7.07. The van der Waals surface area contributed by atoms with Crippen molar-refractivity contribution in [3.8, 4) is 0 Å². The average molecular weight is 280 g/mol. The monoisotopic (exact) mass is 280 g/mol. The van der Waals surface area contributed by atoms with Crippen LogP contribution in [-0.4, -0.2) is 14.3 Å². The van der Waals surface area contributed by atoms with Gasteiger partial charge in [-0.1, -0.05) is 6.92 Å². The summed E-state index contributed by atoms with van der Waals surface area (Å²) in [5.41, 5.74) is 3.73. The van der Waals surface area contributed by atoms with Crippen LogP contribution in [0.3, 0.4) is 0 Å². The maximum absolute atomic E-state index is 12.3. The van der Waals surface area contributed by atoms with E-state index < -0.39 is 11.4 Å². The molecule has 0 aliphatic heterocycles. The maximum atomic E-state index is 12.3. The minimum Gasteiger partial charge on any atom is -0.598 e. The summed E-state index contributed by atoms with van der Waals surface area (Å²) in [6.07, 6.45) is 6.23. The fourth-order valence-corrected chi connectivity index (χ4v) is 3.21. The van der Waals surface area contributed by atoms with Crippen molar-refractivity contribution < 1.29 is 4.55 Å². The van der Waals surface area contributed by atoms with Crippen molar-refractivity contribution in [3.63, 3.8) is 0 Å². The van der Waals surface area contributed by atoms with Gasteiger partial charge in [0.05, 0.1) is 6.04 Å². The number of rotatable bonds is 3. The van der Waals surface area contributed by atoms with Crippen LogP contribution in [0.2, 0.25) is 0 Å². The summed E-state index contributed by atoms with van der Waals surface area (Å²) >= 11 is -1.02. The number of nitrogens with one attached hydrogen (secondary N) is 1. The summed E-state index contributed by atoms with van der Waals surface area (Å²) in [4.78, 5) is 4.47. The first-order valence-corrected chi connectivity index (χ1v) is 8.22. The second kappa shape index (κ2) is 5.81. The predicted octanol–water partition coefficient (Wildman–Crippen LogP) is 3.07. The predicted molar refractivity (Wildman–Crippen MR) is 80.3 cm³/mol. The Bertz CT molecular complexity index is 442. The van der Waals surface area contributed by atoms with Crippen molar-refractivity contribution in [3.05, 3.63) is 29.1 Å². The molecule has 0 saturated heterocycles. The van der Waals surface area contributed by atoms with Crippen LogP contribution in [0.5, 0.6) is 0 Å². The molecule has 1 aromatic rings. The molecule has 1 unspecified atom stereocenters. The van der Waals surface area contributed by atoms with Crippen molar-refractivity contribution in [1.29, 1.82) is 0 Å². The lowest BCUT2D eigenvalue weighted by Gasteiger charge is -2.31. The zero-order valence-corrected chi connectivity index (χ0v) is 13.1. The van der Waals surface area contributed by atoms with E-state index in [-0.39, 0.29) is 10.8 Å². The molecule has 0 fully saturated rings. The highest BCUT2D eigenvalue weighted by atomic mass is 32.2. The summed E-state index contributed by atoms with van der Waals surface area (Å²) in [6, 6.07) is 2.39. The van der Waals surface area contributed by atoms with Gasteiger partial charge >= 0.3 is 0 Å². The van der Waals surface area contributed by atoms with E-state index >= 15 is 0 Å². The van der Waals surface area contributed by atoms with Crippen LogP contribution >= 0.6 is 0 Å². The van der Waals surface area contributed by atoms with Gasteiger partial charge in [0.1, 0.15) is 4.75 Å². The number of hydrogen-bond acceptors (Lipinski definition) is 3. The molecule has 1 heterocycles. The van der Waals surface area contributed by atoms with E-state index in [2.05, 4.69) is 22.7 Å². The zero-order chi connectivity index (χ0) is 14.0. The molecular formula is C15H24N2OS. The Morgan fingerprint density at radius 1 is 1.47 bits per heavy atom. The third-order valence-electron chi connectivity index (χ3n) is 3.56. The minimum absolute atomic E-state index is 0.206. The van der Waals surface area contributed by atoms with E-state index in [1.165, 1.54) is 11.1 Å². The molecule has 0 aromatic carbocycles. The highest BCUT2D eigenvalue weighted by Crippen LogP contribution is 2.31. The number of fused-ring (bicyclic) bond motifs is 1. The van der Waals surface area contributed by atoms with Crippen LogP contribution in [0, 0.1) is 0 Å². The lowest BCUT2D eigenvalue weighted by molar-refractivity contribution is 0.488. The third-order valence-corrected chi connectivity index (χ3v) is 5.17.